The van der Waals surface area contributed by atoms with E-state index in [1.165, 1.54) is 0 Å². The first-order valence-electron chi connectivity index (χ1n) is 4.28. The molecule has 1 N–H and O–H groups in total. The van der Waals surface area contributed by atoms with Crippen molar-refractivity contribution < 1.29 is 5.11 Å². The van der Waals surface area contributed by atoms with E-state index < -0.39 is 0 Å². The average Bonchev–Trinajstić information content (AvgIpc) is 1.89. The highest BCUT2D eigenvalue weighted by Crippen LogP contribution is 2.07. The molecule has 0 saturated heterocycles. The van der Waals surface area contributed by atoms with E-state index in [1.807, 2.05) is 0 Å². The highest BCUT2D eigenvalue weighted by Gasteiger charge is 2.00. The zero-order valence-corrected chi connectivity index (χ0v) is 6.97. The minimum atomic E-state index is -0.0588. The van der Waals surface area contributed by atoms with Gasteiger partial charge in [0.2, 0.25) is 0 Å². The van der Waals surface area contributed by atoms with E-state index in [0.29, 0.717) is 0 Å². The Hall–Kier alpha value is -0.0400. The summed E-state index contributed by atoms with van der Waals surface area (Å²) < 4.78 is 0. The first-order valence-corrected chi connectivity index (χ1v) is 4.28. The summed E-state index contributed by atoms with van der Waals surface area (Å²) in [6.45, 7) is 5.85. The summed E-state index contributed by atoms with van der Waals surface area (Å²) in [7, 11) is 0. The first-order chi connectivity index (χ1) is 4.81. The third-order valence-electron chi connectivity index (χ3n) is 1.66. The zero-order valence-electron chi connectivity index (χ0n) is 6.97. The lowest BCUT2D eigenvalue weighted by atomic mass is 10.1. The van der Waals surface area contributed by atoms with Crippen molar-refractivity contribution in [3.63, 3.8) is 0 Å². The molecular formula is C9H19O. The van der Waals surface area contributed by atoms with Crippen molar-refractivity contribution >= 4 is 0 Å². The molecule has 0 saturated carbocycles. The lowest BCUT2D eigenvalue weighted by Crippen LogP contribution is -2.04. The molecule has 1 unspecified atom stereocenters. The highest BCUT2D eigenvalue weighted by molar-refractivity contribution is 4.54. The maximum Gasteiger partial charge on any atom is 0.0540 e. The van der Waals surface area contributed by atoms with Gasteiger partial charge in [0.05, 0.1) is 6.10 Å². The van der Waals surface area contributed by atoms with Gasteiger partial charge in [-0.05, 0) is 12.8 Å². The molecule has 1 heteroatoms. The molecule has 0 fully saturated rings. The Balaban J connectivity index is 2.97. The van der Waals surface area contributed by atoms with Gasteiger partial charge in [-0.15, -0.1) is 0 Å². The highest BCUT2D eigenvalue weighted by atomic mass is 16.3. The second-order valence-electron chi connectivity index (χ2n) is 2.79. The number of unbranched alkanes of at least 4 members (excludes halogenated alkanes) is 2. The minimum Gasteiger partial charge on any atom is -0.393 e. The quantitative estimate of drug-likeness (QED) is 0.566. The molecule has 0 bridgehead atoms. The first kappa shape index (κ1) is 9.96. The van der Waals surface area contributed by atoms with Gasteiger partial charge < -0.3 is 5.11 Å². The van der Waals surface area contributed by atoms with Gasteiger partial charge in [-0.1, -0.05) is 39.5 Å². The molecule has 0 aliphatic rings. The zero-order chi connectivity index (χ0) is 7.82. The van der Waals surface area contributed by atoms with E-state index in [2.05, 4.69) is 13.8 Å². The van der Waals surface area contributed by atoms with Crippen LogP contribution in [0.5, 0.6) is 0 Å². The molecule has 61 valence electrons. The summed E-state index contributed by atoms with van der Waals surface area (Å²) in [5.41, 5.74) is 0. The van der Waals surface area contributed by atoms with Gasteiger partial charge in [-0.25, -0.2) is 0 Å². The smallest absolute Gasteiger partial charge is 0.0540 e. The van der Waals surface area contributed by atoms with Crippen molar-refractivity contribution in [2.45, 2.75) is 51.6 Å². The van der Waals surface area contributed by atoms with Crippen LogP contribution in [-0.4, -0.2) is 11.2 Å². The number of hydrogen-bond donors (Lipinski definition) is 1. The monoisotopic (exact) mass is 143 g/mol. The van der Waals surface area contributed by atoms with Gasteiger partial charge in [-0.2, -0.15) is 0 Å². The third kappa shape index (κ3) is 6.09. The summed E-state index contributed by atoms with van der Waals surface area (Å²) in [6.07, 6.45) is 6.23. The maximum absolute atomic E-state index is 9.26. The molecular weight excluding hydrogens is 124 g/mol. The molecule has 0 aromatic carbocycles. The van der Waals surface area contributed by atoms with Gasteiger partial charge in [0.15, 0.2) is 0 Å². The van der Waals surface area contributed by atoms with Gasteiger partial charge in [0.1, 0.15) is 0 Å². The molecule has 1 nitrogen and oxygen atoms in total. The predicted octanol–water partition coefficient (Wildman–Crippen LogP) is 2.54. The molecule has 0 aliphatic carbocycles. The molecule has 0 amide bonds. The van der Waals surface area contributed by atoms with Crippen LogP contribution in [0.4, 0.5) is 0 Å². The van der Waals surface area contributed by atoms with Crippen LogP contribution in [0.2, 0.25) is 0 Å². The van der Waals surface area contributed by atoms with Crippen LogP contribution in [0.1, 0.15) is 45.4 Å². The van der Waals surface area contributed by atoms with Gasteiger partial charge >= 0.3 is 0 Å². The molecule has 0 aliphatic heterocycles. The Bertz CT molecular complexity index is 61.7. The normalized spacial score (nSPS) is 13.5. The molecule has 10 heavy (non-hydrogen) atoms. The fraction of sp³-hybridized carbons (Fsp3) is 0.889. The molecule has 0 heterocycles. The molecule has 0 rings (SSSR count). The van der Waals surface area contributed by atoms with Crippen LogP contribution in [-0.2, 0) is 0 Å². The van der Waals surface area contributed by atoms with Crippen LogP contribution < -0.4 is 0 Å². The fourth-order valence-corrected chi connectivity index (χ4v) is 1.03. The molecule has 0 spiro atoms. The lowest BCUT2D eigenvalue weighted by Gasteiger charge is -2.06. The predicted molar refractivity (Wildman–Crippen MR) is 44.7 cm³/mol. The number of hydrogen-bond acceptors (Lipinski definition) is 1. The Morgan fingerprint density at radius 3 is 2.50 bits per heavy atom. The van der Waals surface area contributed by atoms with Crippen LogP contribution >= 0.6 is 0 Å². The Morgan fingerprint density at radius 2 is 2.00 bits per heavy atom. The Morgan fingerprint density at radius 1 is 1.30 bits per heavy atom. The van der Waals surface area contributed by atoms with E-state index in [-0.39, 0.29) is 6.10 Å². The summed E-state index contributed by atoms with van der Waals surface area (Å²) in [5, 5.41) is 9.26. The van der Waals surface area contributed by atoms with Crippen molar-refractivity contribution in [1.82, 2.24) is 0 Å². The van der Waals surface area contributed by atoms with Crippen LogP contribution in [0.3, 0.4) is 0 Å². The Kier molecular flexibility index (Phi) is 7.04. The average molecular weight is 143 g/mol. The molecule has 1 radical (unpaired) electrons. The van der Waals surface area contributed by atoms with Crippen molar-refractivity contribution in [3.05, 3.63) is 6.92 Å². The van der Waals surface area contributed by atoms with Crippen LogP contribution in [0.15, 0.2) is 0 Å². The number of rotatable bonds is 6. The van der Waals surface area contributed by atoms with Gasteiger partial charge in [-0.3, -0.25) is 0 Å². The Labute approximate surface area is 64.5 Å². The molecule has 1 atom stereocenters. The summed E-state index contributed by atoms with van der Waals surface area (Å²) in [5.74, 6) is 0. The van der Waals surface area contributed by atoms with Crippen molar-refractivity contribution in [2.75, 3.05) is 0 Å². The minimum absolute atomic E-state index is 0.0588. The van der Waals surface area contributed by atoms with E-state index in [0.717, 1.165) is 38.5 Å². The summed E-state index contributed by atoms with van der Waals surface area (Å²) in [6, 6.07) is 0. The lowest BCUT2D eigenvalue weighted by molar-refractivity contribution is 0.150. The van der Waals surface area contributed by atoms with Gasteiger partial charge in [0, 0.05) is 0 Å². The maximum atomic E-state index is 9.26. The molecule has 0 aromatic heterocycles. The van der Waals surface area contributed by atoms with E-state index in [1.54, 1.807) is 0 Å². The second-order valence-corrected chi connectivity index (χ2v) is 2.79. The van der Waals surface area contributed by atoms with E-state index in [9.17, 15) is 5.11 Å². The van der Waals surface area contributed by atoms with E-state index >= 15 is 0 Å². The molecule has 0 aromatic rings. The summed E-state index contributed by atoms with van der Waals surface area (Å²) >= 11 is 0. The largest absolute Gasteiger partial charge is 0.393 e. The second kappa shape index (κ2) is 7.07. The topological polar surface area (TPSA) is 20.2 Å². The van der Waals surface area contributed by atoms with Crippen LogP contribution in [0, 0.1) is 6.92 Å². The third-order valence-corrected chi connectivity index (χ3v) is 1.66. The van der Waals surface area contributed by atoms with Gasteiger partial charge in [0.25, 0.3) is 0 Å². The van der Waals surface area contributed by atoms with Crippen molar-refractivity contribution in [3.8, 4) is 0 Å². The number of aliphatic hydroxyl groups excluding tert-OH is 1. The van der Waals surface area contributed by atoms with Crippen molar-refractivity contribution in [2.24, 2.45) is 0 Å². The van der Waals surface area contributed by atoms with E-state index in [4.69, 9.17) is 0 Å². The fourth-order valence-electron chi connectivity index (χ4n) is 1.03. The number of aliphatic hydroxyl groups is 1. The van der Waals surface area contributed by atoms with Crippen molar-refractivity contribution in [1.29, 1.82) is 0 Å². The SMILES string of the molecule is [CH2]CCCCC(O)CCC. The standard InChI is InChI=1S/C9H19O/c1-3-5-6-8-9(10)7-4-2/h9-10H,1,3-8H2,2H3. The summed E-state index contributed by atoms with van der Waals surface area (Å²) in [4.78, 5) is 0. The van der Waals surface area contributed by atoms with Crippen LogP contribution in [0.25, 0.3) is 0 Å².